The summed E-state index contributed by atoms with van der Waals surface area (Å²) in [5.74, 6) is -2.20. The van der Waals surface area contributed by atoms with E-state index in [0.29, 0.717) is 18.1 Å². The summed E-state index contributed by atoms with van der Waals surface area (Å²) >= 11 is 0. The number of carbonyl (C=O) groups excluding carboxylic acids is 1. The molecule has 1 aliphatic heterocycles. The maximum atomic E-state index is 12.9. The molecule has 0 aromatic heterocycles. The zero-order valence-corrected chi connectivity index (χ0v) is 16.6. The van der Waals surface area contributed by atoms with Gasteiger partial charge in [0.1, 0.15) is 0 Å². The van der Waals surface area contributed by atoms with E-state index in [1.807, 2.05) is 11.9 Å². The molecule has 1 aromatic rings. The second-order valence-electron chi connectivity index (χ2n) is 7.53. The highest BCUT2D eigenvalue weighted by Gasteiger charge is 2.51. The van der Waals surface area contributed by atoms with Gasteiger partial charge >= 0.3 is 11.9 Å². The maximum absolute atomic E-state index is 12.9. The summed E-state index contributed by atoms with van der Waals surface area (Å²) in [5, 5.41) is 15.6. The molecule has 3 rings (SSSR count). The van der Waals surface area contributed by atoms with Crippen molar-refractivity contribution >= 4 is 23.5 Å². The number of aryl methyl sites for hydroxylation is 1. The first-order valence-corrected chi connectivity index (χ1v) is 9.38. The van der Waals surface area contributed by atoms with E-state index in [9.17, 15) is 14.4 Å². The lowest BCUT2D eigenvalue weighted by atomic mass is 9.68. The second kappa shape index (κ2) is 9.01. The Morgan fingerprint density at radius 3 is 2.43 bits per heavy atom. The molecule has 0 spiro atoms. The third kappa shape index (κ3) is 4.59. The number of aliphatic carboxylic acids is 2. The van der Waals surface area contributed by atoms with Gasteiger partial charge in [0.05, 0.1) is 5.41 Å². The Kier molecular flexibility index (Phi) is 6.96. The number of hydrogen-bond donors (Lipinski definition) is 2. The average molecular weight is 388 g/mol. The van der Waals surface area contributed by atoms with Gasteiger partial charge in [-0.2, -0.15) is 0 Å². The SMILES string of the molecule is CN(C)CCCC12CCCc3cccc(c31)N(C)C2=O.O=C(O)/C=C/C(=O)O. The molecule has 2 N–H and O–H groups in total. The van der Waals surface area contributed by atoms with Crippen molar-refractivity contribution in [3.05, 3.63) is 41.5 Å². The van der Waals surface area contributed by atoms with Crippen molar-refractivity contribution in [2.24, 2.45) is 0 Å². The monoisotopic (exact) mass is 388 g/mol. The zero-order valence-electron chi connectivity index (χ0n) is 16.6. The molecule has 1 unspecified atom stereocenters. The minimum atomic E-state index is -1.26. The van der Waals surface area contributed by atoms with Gasteiger partial charge in [0, 0.05) is 24.9 Å². The Labute approximate surface area is 165 Å². The highest BCUT2D eigenvalue weighted by molar-refractivity contribution is 6.08. The number of carboxylic acids is 2. The molecule has 1 atom stereocenters. The molecule has 7 nitrogen and oxygen atoms in total. The van der Waals surface area contributed by atoms with E-state index in [4.69, 9.17) is 10.2 Å². The summed E-state index contributed by atoms with van der Waals surface area (Å²) in [6.07, 6.45) is 6.47. The van der Waals surface area contributed by atoms with Gasteiger partial charge in [-0.3, -0.25) is 4.79 Å². The van der Waals surface area contributed by atoms with Crippen molar-refractivity contribution in [1.82, 2.24) is 4.90 Å². The Morgan fingerprint density at radius 2 is 1.86 bits per heavy atom. The van der Waals surface area contributed by atoms with E-state index in [0.717, 1.165) is 44.3 Å². The van der Waals surface area contributed by atoms with Crippen LogP contribution in [0, 0.1) is 0 Å². The van der Waals surface area contributed by atoms with E-state index < -0.39 is 11.9 Å². The van der Waals surface area contributed by atoms with E-state index in [1.165, 1.54) is 11.1 Å². The third-order valence-electron chi connectivity index (χ3n) is 5.31. The Balaban J connectivity index is 0.000000300. The predicted octanol–water partition coefficient (Wildman–Crippen LogP) is 2.29. The number of amides is 1. The number of hydrogen-bond acceptors (Lipinski definition) is 4. The molecular weight excluding hydrogens is 360 g/mol. The van der Waals surface area contributed by atoms with Crippen LogP contribution in [0.5, 0.6) is 0 Å². The molecule has 0 bridgehead atoms. The van der Waals surface area contributed by atoms with Crippen molar-refractivity contribution in [3.63, 3.8) is 0 Å². The average Bonchev–Trinajstić information content (AvgIpc) is 2.85. The Hall–Kier alpha value is -2.67. The lowest BCUT2D eigenvalue weighted by molar-refractivity contribution is -0.134. The molecule has 1 heterocycles. The van der Waals surface area contributed by atoms with Crippen LogP contribution in [0.15, 0.2) is 30.4 Å². The van der Waals surface area contributed by atoms with Gasteiger partial charge in [0.2, 0.25) is 5.91 Å². The quantitative estimate of drug-likeness (QED) is 0.726. The van der Waals surface area contributed by atoms with E-state index in [2.05, 4.69) is 37.2 Å². The van der Waals surface area contributed by atoms with Crippen LogP contribution < -0.4 is 4.90 Å². The largest absolute Gasteiger partial charge is 0.478 e. The van der Waals surface area contributed by atoms with Gasteiger partial charge in [0.25, 0.3) is 0 Å². The molecule has 1 amide bonds. The first kappa shape index (κ1) is 21.6. The summed E-state index contributed by atoms with van der Waals surface area (Å²) in [6, 6.07) is 6.42. The molecule has 2 aliphatic rings. The van der Waals surface area contributed by atoms with Gasteiger partial charge in [-0.1, -0.05) is 12.1 Å². The van der Waals surface area contributed by atoms with Crippen LogP contribution in [0.2, 0.25) is 0 Å². The van der Waals surface area contributed by atoms with Crippen LogP contribution in [-0.4, -0.2) is 60.6 Å². The van der Waals surface area contributed by atoms with Crippen molar-refractivity contribution in [1.29, 1.82) is 0 Å². The van der Waals surface area contributed by atoms with Gasteiger partial charge in [-0.05, 0) is 69.9 Å². The fourth-order valence-corrected chi connectivity index (χ4v) is 4.17. The fraction of sp³-hybridized carbons (Fsp3) is 0.476. The highest BCUT2D eigenvalue weighted by Crippen LogP contribution is 2.51. The number of likely N-dealkylation sites (N-methyl/N-ethyl adjacent to an activating group) is 1. The number of benzene rings is 1. The zero-order chi connectivity index (χ0) is 20.9. The van der Waals surface area contributed by atoms with E-state index >= 15 is 0 Å². The molecule has 1 aliphatic carbocycles. The minimum Gasteiger partial charge on any atom is -0.478 e. The summed E-state index contributed by atoms with van der Waals surface area (Å²) in [7, 11) is 6.13. The molecule has 1 aromatic carbocycles. The smallest absolute Gasteiger partial charge is 0.328 e. The lowest BCUT2D eigenvalue weighted by Crippen LogP contribution is -2.41. The second-order valence-corrected chi connectivity index (χ2v) is 7.53. The maximum Gasteiger partial charge on any atom is 0.328 e. The number of carbonyl (C=O) groups is 3. The molecular formula is C21H28N2O5. The summed E-state index contributed by atoms with van der Waals surface area (Å²) < 4.78 is 0. The summed E-state index contributed by atoms with van der Waals surface area (Å²) in [6.45, 7) is 1.05. The molecule has 28 heavy (non-hydrogen) atoms. The number of nitrogens with zero attached hydrogens (tertiary/aromatic N) is 2. The number of carboxylic acid groups (broad SMARTS) is 2. The van der Waals surface area contributed by atoms with Crippen LogP contribution >= 0.6 is 0 Å². The predicted molar refractivity (Wildman–Crippen MR) is 107 cm³/mol. The Bertz CT molecular complexity index is 771. The van der Waals surface area contributed by atoms with E-state index in [1.54, 1.807) is 0 Å². The molecule has 0 radical (unpaired) electrons. The standard InChI is InChI=1S/C17H24N2O.C4H4O4/c1-18(2)12-6-11-17-10-5-8-13-7-4-9-14(15(13)17)19(3)16(17)20;5-3(6)1-2-4(7)8/h4,7,9H,5-6,8,10-12H2,1-3H3;1-2H,(H,5,6)(H,7,8)/b;2-1+. The molecule has 152 valence electrons. The van der Waals surface area contributed by atoms with Crippen molar-refractivity contribution in [3.8, 4) is 0 Å². The van der Waals surface area contributed by atoms with Crippen molar-refractivity contribution in [2.45, 2.75) is 37.5 Å². The molecule has 0 saturated carbocycles. The van der Waals surface area contributed by atoms with Crippen LogP contribution in [0.4, 0.5) is 5.69 Å². The van der Waals surface area contributed by atoms with E-state index in [-0.39, 0.29) is 5.41 Å². The number of rotatable bonds is 6. The normalized spacial score (nSPS) is 20.1. The first-order valence-electron chi connectivity index (χ1n) is 9.38. The summed E-state index contributed by atoms with van der Waals surface area (Å²) in [4.78, 5) is 36.1. The molecule has 7 heteroatoms. The van der Waals surface area contributed by atoms with Gasteiger partial charge in [0.15, 0.2) is 0 Å². The van der Waals surface area contributed by atoms with Crippen molar-refractivity contribution in [2.75, 3.05) is 32.6 Å². The van der Waals surface area contributed by atoms with Gasteiger partial charge in [-0.25, -0.2) is 9.59 Å². The topological polar surface area (TPSA) is 98.2 Å². The van der Waals surface area contributed by atoms with Gasteiger partial charge in [-0.15, -0.1) is 0 Å². The van der Waals surface area contributed by atoms with Crippen LogP contribution in [0.25, 0.3) is 0 Å². The summed E-state index contributed by atoms with van der Waals surface area (Å²) in [5.41, 5.74) is 3.67. The fourth-order valence-electron chi connectivity index (χ4n) is 4.17. The van der Waals surface area contributed by atoms with Gasteiger partial charge < -0.3 is 20.0 Å². The van der Waals surface area contributed by atoms with Crippen molar-refractivity contribution < 1.29 is 24.6 Å². The first-order chi connectivity index (χ1) is 13.2. The number of anilines is 1. The lowest BCUT2D eigenvalue weighted by Gasteiger charge is -2.33. The van der Waals surface area contributed by atoms with Crippen LogP contribution in [-0.2, 0) is 26.2 Å². The Morgan fingerprint density at radius 1 is 1.21 bits per heavy atom. The highest BCUT2D eigenvalue weighted by atomic mass is 16.4. The van der Waals surface area contributed by atoms with Crippen LogP contribution in [0.3, 0.4) is 0 Å². The minimum absolute atomic E-state index is 0.227. The molecule has 0 saturated heterocycles. The van der Waals surface area contributed by atoms with Crippen LogP contribution in [0.1, 0.15) is 36.8 Å². The molecule has 0 fully saturated rings. The third-order valence-corrected chi connectivity index (χ3v) is 5.31.